The van der Waals surface area contributed by atoms with Crippen molar-refractivity contribution in [2.75, 3.05) is 5.32 Å². The molecule has 1 N–H and O–H groups in total. The summed E-state index contributed by atoms with van der Waals surface area (Å²) in [4.78, 5) is 13.2. The van der Waals surface area contributed by atoms with E-state index in [2.05, 4.69) is 25.0 Å². The molecule has 0 aliphatic carbocycles. The van der Waals surface area contributed by atoms with Crippen LogP contribution in [-0.2, 0) is 0 Å². The highest BCUT2D eigenvalue weighted by Gasteiger charge is 2.44. The minimum absolute atomic E-state index is 0.314. The molecule has 0 aliphatic rings. The highest BCUT2D eigenvalue weighted by atomic mass is 19.3. The number of benzene rings is 2. The van der Waals surface area contributed by atoms with E-state index in [1.807, 2.05) is 34.7 Å². The lowest BCUT2D eigenvalue weighted by Gasteiger charge is -2.17. The number of rotatable bonds is 6. The van der Waals surface area contributed by atoms with Gasteiger partial charge in [0.2, 0.25) is 0 Å². The minimum Gasteiger partial charge on any atom is -0.428 e. The number of pyridine rings is 1. The highest BCUT2D eigenvalue weighted by molar-refractivity contribution is 5.93. The van der Waals surface area contributed by atoms with E-state index in [1.165, 1.54) is 12.1 Å². The molecule has 0 aliphatic heterocycles. The van der Waals surface area contributed by atoms with Crippen LogP contribution in [0.1, 0.15) is 0 Å². The minimum atomic E-state index is -4.60. The second kappa shape index (κ2) is 8.05. The first-order valence-electron chi connectivity index (χ1n) is 9.80. The normalized spacial score (nSPS) is 11.9. The van der Waals surface area contributed by atoms with Gasteiger partial charge in [-0.3, -0.25) is 9.38 Å². The van der Waals surface area contributed by atoms with Crippen LogP contribution < -0.4 is 10.1 Å². The van der Waals surface area contributed by atoms with Crippen molar-refractivity contribution < 1.29 is 22.3 Å². The molecule has 6 nitrogen and oxygen atoms in total. The van der Waals surface area contributed by atoms with E-state index in [0.29, 0.717) is 17.2 Å². The SMILES string of the molecule is FC(F)C(F)(F)Oc1cccc(Nc2nccn3c(-c4cccc5cccnc45)cnc23)c1. The van der Waals surface area contributed by atoms with E-state index in [9.17, 15) is 17.6 Å². The maximum absolute atomic E-state index is 13.3. The van der Waals surface area contributed by atoms with Gasteiger partial charge in [0.15, 0.2) is 11.5 Å². The molecule has 0 unspecified atom stereocenters. The molecule has 0 saturated heterocycles. The van der Waals surface area contributed by atoms with Crippen LogP contribution in [0.15, 0.2) is 79.4 Å². The van der Waals surface area contributed by atoms with E-state index in [1.54, 1.807) is 30.9 Å². The lowest BCUT2D eigenvalue weighted by molar-refractivity contribution is -0.253. The Morgan fingerprint density at radius 2 is 1.76 bits per heavy atom. The summed E-state index contributed by atoms with van der Waals surface area (Å²) >= 11 is 0. The molecule has 166 valence electrons. The van der Waals surface area contributed by atoms with E-state index in [0.717, 1.165) is 28.2 Å². The van der Waals surface area contributed by atoms with Crippen LogP contribution in [0.3, 0.4) is 0 Å². The summed E-state index contributed by atoms with van der Waals surface area (Å²) in [6.45, 7) is 0. The predicted octanol–water partition coefficient (Wildman–Crippen LogP) is 5.92. The van der Waals surface area contributed by atoms with Gasteiger partial charge in [-0.15, -0.1) is 0 Å². The fraction of sp³-hybridized carbons (Fsp3) is 0.0870. The number of anilines is 2. The molecule has 3 heterocycles. The number of hydrogen-bond donors (Lipinski definition) is 1. The summed E-state index contributed by atoms with van der Waals surface area (Å²) in [5, 5.41) is 3.96. The summed E-state index contributed by atoms with van der Waals surface area (Å²) in [5.74, 6) is -0.0715. The molecule has 33 heavy (non-hydrogen) atoms. The third-order valence-corrected chi connectivity index (χ3v) is 4.94. The summed E-state index contributed by atoms with van der Waals surface area (Å²) in [6.07, 6.45) is -1.83. The van der Waals surface area contributed by atoms with Crippen LogP contribution in [0.5, 0.6) is 5.75 Å². The Morgan fingerprint density at radius 1 is 0.939 bits per heavy atom. The van der Waals surface area contributed by atoms with Gasteiger partial charge >= 0.3 is 12.5 Å². The van der Waals surface area contributed by atoms with Gasteiger partial charge in [-0.25, -0.2) is 9.97 Å². The zero-order valence-electron chi connectivity index (χ0n) is 16.8. The maximum Gasteiger partial charge on any atom is 0.461 e. The molecule has 0 amide bonds. The molecule has 5 rings (SSSR count). The number of halogens is 4. The number of hydrogen-bond acceptors (Lipinski definition) is 5. The Balaban J connectivity index is 1.50. The van der Waals surface area contributed by atoms with Gasteiger partial charge in [0.25, 0.3) is 0 Å². The molecule has 0 spiro atoms. The highest BCUT2D eigenvalue weighted by Crippen LogP contribution is 2.32. The average Bonchev–Trinajstić information content (AvgIpc) is 3.23. The van der Waals surface area contributed by atoms with Crippen LogP contribution in [-0.4, -0.2) is 31.9 Å². The monoisotopic (exact) mass is 453 g/mol. The summed E-state index contributed by atoms with van der Waals surface area (Å²) in [5.41, 5.74) is 3.27. The largest absolute Gasteiger partial charge is 0.461 e. The van der Waals surface area contributed by atoms with Crippen molar-refractivity contribution >= 4 is 28.1 Å². The van der Waals surface area contributed by atoms with Crippen molar-refractivity contribution in [1.29, 1.82) is 0 Å². The second-order valence-electron chi connectivity index (χ2n) is 7.11. The molecule has 2 aromatic carbocycles. The molecule has 0 radical (unpaired) electrons. The van der Waals surface area contributed by atoms with Crippen LogP contribution in [0.2, 0.25) is 0 Å². The first-order valence-corrected chi connectivity index (χ1v) is 9.80. The molecular weight excluding hydrogens is 438 g/mol. The van der Waals surface area contributed by atoms with Gasteiger partial charge in [-0.05, 0) is 18.2 Å². The topological polar surface area (TPSA) is 64.3 Å². The maximum atomic E-state index is 13.3. The smallest absolute Gasteiger partial charge is 0.428 e. The van der Waals surface area contributed by atoms with E-state index < -0.39 is 18.3 Å². The number of fused-ring (bicyclic) bond motifs is 2. The number of para-hydroxylation sites is 1. The fourth-order valence-electron chi connectivity index (χ4n) is 3.49. The molecule has 0 atom stereocenters. The molecular formula is C23H15F4N5O. The predicted molar refractivity (Wildman–Crippen MR) is 115 cm³/mol. The first-order chi connectivity index (χ1) is 15.9. The quantitative estimate of drug-likeness (QED) is 0.323. The van der Waals surface area contributed by atoms with Crippen molar-refractivity contribution in [2.45, 2.75) is 12.5 Å². The molecule has 0 fully saturated rings. The Bertz CT molecular complexity index is 1450. The van der Waals surface area contributed by atoms with Gasteiger partial charge in [-0.1, -0.05) is 30.3 Å². The fourth-order valence-corrected chi connectivity index (χ4v) is 3.49. The van der Waals surface area contributed by atoms with Crippen LogP contribution in [0, 0.1) is 0 Å². The number of nitrogens with one attached hydrogen (secondary N) is 1. The second-order valence-corrected chi connectivity index (χ2v) is 7.11. The Morgan fingerprint density at radius 3 is 2.61 bits per heavy atom. The van der Waals surface area contributed by atoms with Crippen molar-refractivity contribution in [3.8, 4) is 17.0 Å². The molecule has 10 heteroatoms. The standard InChI is InChI=1S/C23H15F4N5O/c24-22(25)23(26,27)33-16-7-2-6-15(12-16)31-20-21-30-13-18(32(21)11-10-29-20)17-8-1-4-14-5-3-9-28-19(14)17/h1-13,22H,(H,29,31). The van der Waals surface area contributed by atoms with Gasteiger partial charge in [-0.2, -0.15) is 17.6 Å². The number of ether oxygens (including phenoxy) is 1. The molecule has 0 saturated carbocycles. The summed E-state index contributed by atoms with van der Waals surface area (Å²) in [6, 6.07) is 15.0. The van der Waals surface area contributed by atoms with E-state index in [-0.39, 0.29) is 0 Å². The molecule has 0 bridgehead atoms. The number of alkyl halides is 4. The van der Waals surface area contributed by atoms with Gasteiger partial charge in [0, 0.05) is 41.3 Å². The first kappa shape index (κ1) is 20.7. The Labute approximate surface area is 184 Å². The van der Waals surface area contributed by atoms with Crippen LogP contribution in [0.25, 0.3) is 27.8 Å². The van der Waals surface area contributed by atoms with Gasteiger partial charge < -0.3 is 10.1 Å². The zero-order chi connectivity index (χ0) is 23.0. The van der Waals surface area contributed by atoms with Crippen LogP contribution >= 0.6 is 0 Å². The number of aromatic nitrogens is 4. The van der Waals surface area contributed by atoms with Crippen molar-refractivity contribution in [3.05, 3.63) is 79.4 Å². The third-order valence-electron chi connectivity index (χ3n) is 4.94. The van der Waals surface area contributed by atoms with Crippen molar-refractivity contribution in [1.82, 2.24) is 19.4 Å². The van der Waals surface area contributed by atoms with Crippen LogP contribution in [0.4, 0.5) is 29.1 Å². The van der Waals surface area contributed by atoms with Crippen molar-refractivity contribution in [3.63, 3.8) is 0 Å². The van der Waals surface area contributed by atoms with Gasteiger partial charge in [0.05, 0.1) is 17.4 Å². The summed E-state index contributed by atoms with van der Waals surface area (Å²) < 4.78 is 57.4. The summed E-state index contributed by atoms with van der Waals surface area (Å²) in [7, 11) is 0. The zero-order valence-corrected chi connectivity index (χ0v) is 16.8. The average molecular weight is 453 g/mol. The lowest BCUT2D eigenvalue weighted by atomic mass is 10.1. The molecule has 5 aromatic rings. The van der Waals surface area contributed by atoms with E-state index >= 15 is 0 Å². The Hall–Kier alpha value is -4.21. The molecule has 3 aromatic heterocycles. The third kappa shape index (κ3) is 3.91. The lowest BCUT2D eigenvalue weighted by Crippen LogP contribution is -2.33. The van der Waals surface area contributed by atoms with Crippen molar-refractivity contribution in [2.24, 2.45) is 0 Å². The number of nitrogens with zero attached hydrogens (tertiary/aromatic N) is 4. The van der Waals surface area contributed by atoms with E-state index in [4.69, 9.17) is 0 Å². The number of imidazole rings is 1. The Kier molecular flexibility index (Phi) is 5.04. The van der Waals surface area contributed by atoms with Gasteiger partial charge in [0.1, 0.15) is 5.75 Å².